The molecule has 0 bridgehead atoms. The lowest BCUT2D eigenvalue weighted by atomic mass is 9.91. The Kier molecular flexibility index (Phi) is 3.96. The van der Waals surface area contributed by atoms with E-state index in [-0.39, 0.29) is 12.7 Å². The molecule has 0 unspecified atom stereocenters. The van der Waals surface area contributed by atoms with Gasteiger partial charge in [-0.3, -0.25) is 14.5 Å². The van der Waals surface area contributed by atoms with E-state index in [2.05, 4.69) is 16.7 Å². The van der Waals surface area contributed by atoms with Crippen molar-refractivity contribution in [1.82, 2.24) is 15.5 Å². The molecule has 4 amide bonds. The fourth-order valence-electron chi connectivity index (χ4n) is 3.60. The number of urea groups is 1. The number of hydrogen-bond donors (Lipinski definition) is 2. The first-order valence-corrected chi connectivity index (χ1v) is 9.03. The average molecular weight is 384 g/mol. The maximum atomic E-state index is 13.0. The molecule has 1 aliphatic carbocycles. The molecule has 1 aromatic rings. The number of nitrogens with one attached hydrogen (secondary N) is 2. The number of amides is 4. The Balaban J connectivity index is 1.51. The molecule has 1 aromatic carbocycles. The summed E-state index contributed by atoms with van der Waals surface area (Å²) >= 11 is 0. The lowest BCUT2D eigenvalue weighted by molar-refractivity contribution is -0.135. The molecule has 0 spiro atoms. The summed E-state index contributed by atoms with van der Waals surface area (Å²) in [7, 11) is 0. The Hall–Kier alpha value is -3.28. The molecule has 0 radical (unpaired) electrons. The molecular weight excluding hydrogens is 364 g/mol. The average Bonchev–Trinajstić information content (AvgIpc) is 3.38. The van der Waals surface area contributed by atoms with E-state index in [1.165, 1.54) is 0 Å². The highest BCUT2D eigenvalue weighted by atomic mass is 16.7. The van der Waals surface area contributed by atoms with Gasteiger partial charge in [0.25, 0.3) is 5.91 Å². The van der Waals surface area contributed by atoms with Crippen LogP contribution in [0.4, 0.5) is 4.79 Å². The summed E-state index contributed by atoms with van der Waals surface area (Å²) in [5.41, 5.74) is -1.79. The number of hydrogen-bond acceptors (Lipinski definition) is 6. The van der Waals surface area contributed by atoms with Gasteiger partial charge in [-0.05, 0) is 50.3 Å². The van der Waals surface area contributed by atoms with Gasteiger partial charge in [0.1, 0.15) is 17.6 Å². The van der Waals surface area contributed by atoms with Crippen LogP contribution in [0.5, 0.6) is 11.5 Å². The zero-order valence-corrected chi connectivity index (χ0v) is 15.6. The summed E-state index contributed by atoms with van der Waals surface area (Å²) in [6.45, 7) is 2.88. The molecule has 1 saturated heterocycles. The second kappa shape index (κ2) is 6.12. The lowest BCUT2D eigenvalue weighted by Gasteiger charge is -2.25. The Morgan fingerprint density at radius 3 is 2.79 bits per heavy atom. The normalized spacial score (nSPS) is 25.1. The number of imide groups is 1. The zero-order chi connectivity index (χ0) is 20.1. The molecule has 28 heavy (non-hydrogen) atoms. The number of ether oxygens (including phenoxy) is 2. The summed E-state index contributed by atoms with van der Waals surface area (Å²) in [5.74, 6) is 0.0665. The van der Waals surface area contributed by atoms with Crippen LogP contribution in [0.3, 0.4) is 0 Å². The van der Waals surface area contributed by atoms with E-state index in [0.717, 1.165) is 17.7 Å². The maximum Gasteiger partial charge on any atom is 0.325 e. The fraction of sp³-hybridized carbons (Fsp3) is 0.474. The number of carbonyl (C=O) groups excluding carboxylic acids is 3. The van der Waals surface area contributed by atoms with Crippen LogP contribution in [0, 0.1) is 17.2 Å². The van der Waals surface area contributed by atoms with Gasteiger partial charge in [-0.2, -0.15) is 5.26 Å². The molecular formula is C19H20N4O5. The smallest absolute Gasteiger partial charge is 0.325 e. The molecule has 2 aliphatic heterocycles. The van der Waals surface area contributed by atoms with Crippen molar-refractivity contribution >= 4 is 17.8 Å². The number of benzene rings is 1. The van der Waals surface area contributed by atoms with E-state index < -0.39 is 35.5 Å². The van der Waals surface area contributed by atoms with Crippen LogP contribution < -0.4 is 20.1 Å². The van der Waals surface area contributed by atoms with Gasteiger partial charge in [0.15, 0.2) is 11.5 Å². The third-order valence-corrected chi connectivity index (χ3v) is 5.55. The van der Waals surface area contributed by atoms with Gasteiger partial charge in [0.05, 0.1) is 6.07 Å². The van der Waals surface area contributed by atoms with Gasteiger partial charge in [0.2, 0.25) is 12.7 Å². The van der Waals surface area contributed by atoms with Gasteiger partial charge in [0, 0.05) is 0 Å². The largest absolute Gasteiger partial charge is 0.454 e. The van der Waals surface area contributed by atoms with Crippen molar-refractivity contribution in [3.8, 4) is 17.6 Å². The fourth-order valence-corrected chi connectivity index (χ4v) is 3.60. The van der Waals surface area contributed by atoms with Crippen LogP contribution in [0.1, 0.15) is 32.3 Å². The van der Waals surface area contributed by atoms with Crippen molar-refractivity contribution in [3.63, 3.8) is 0 Å². The number of rotatable bonds is 5. The van der Waals surface area contributed by atoms with Gasteiger partial charge in [-0.15, -0.1) is 0 Å². The van der Waals surface area contributed by atoms with E-state index >= 15 is 0 Å². The molecule has 146 valence electrons. The third kappa shape index (κ3) is 2.81. The summed E-state index contributed by atoms with van der Waals surface area (Å²) in [5, 5.41) is 14.7. The first kappa shape index (κ1) is 18.1. The van der Waals surface area contributed by atoms with Gasteiger partial charge < -0.3 is 20.1 Å². The predicted molar refractivity (Wildman–Crippen MR) is 95.0 cm³/mol. The van der Waals surface area contributed by atoms with Crippen molar-refractivity contribution < 1.29 is 23.9 Å². The highest BCUT2D eigenvalue weighted by molar-refractivity contribution is 6.09. The van der Waals surface area contributed by atoms with E-state index in [1.54, 1.807) is 32.0 Å². The monoisotopic (exact) mass is 384 g/mol. The molecule has 2 fully saturated rings. The minimum atomic E-state index is -1.33. The maximum absolute atomic E-state index is 13.0. The molecule has 2 atom stereocenters. The van der Waals surface area contributed by atoms with Crippen LogP contribution in [0.15, 0.2) is 18.2 Å². The Labute approximate surface area is 161 Å². The number of nitriles is 1. The van der Waals surface area contributed by atoms with Crippen molar-refractivity contribution in [2.24, 2.45) is 5.92 Å². The Morgan fingerprint density at radius 1 is 1.39 bits per heavy atom. The molecule has 4 rings (SSSR count). The van der Waals surface area contributed by atoms with Gasteiger partial charge in [-0.1, -0.05) is 6.07 Å². The minimum absolute atomic E-state index is 0.0980. The molecule has 3 aliphatic rings. The number of nitrogens with zero attached hydrogens (tertiary/aromatic N) is 2. The van der Waals surface area contributed by atoms with E-state index in [0.29, 0.717) is 17.1 Å². The second-order valence-electron chi connectivity index (χ2n) is 7.65. The first-order chi connectivity index (χ1) is 13.3. The predicted octanol–water partition coefficient (Wildman–Crippen LogP) is 0.991. The molecule has 0 aromatic heterocycles. The summed E-state index contributed by atoms with van der Waals surface area (Å²) in [6.07, 6.45) is 1.74. The summed E-state index contributed by atoms with van der Waals surface area (Å²) in [4.78, 5) is 38.7. The summed E-state index contributed by atoms with van der Waals surface area (Å²) < 4.78 is 10.6. The van der Waals surface area contributed by atoms with E-state index in [1.807, 2.05) is 0 Å². The molecule has 2 heterocycles. The topological polar surface area (TPSA) is 121 Å². The Bertz CT molecular complexity index is 921. The SMILES string of the molecule is C[C@@]1(c2ccc3c(c2)OCO3)NC(=O)N(CC(=O)N[C@@](C)(C#N)C2CC2)C1=O. The molecule has 1 saturated carbocycles. The van der Waals surface area contributed by atoms with Crippen molar-refractivity contribution in [2.75, 3.05) is 13.3 Å². The van der Waals surface area contributed by atoms with Gasteiger partial charge >= 0.3 is 6.03 Å². The Morgan fingerprint density at radius 2 is 2.11 bits per heavy atom. The van der Waals surface area contributed by atoms with Crippen LogP contribution in [0.25, 0.3) is 0 Å². The van der Waals surface area contributed by atoms with Crippen LogP contribution in [0.2, 0.25) is 0 Å². The highest BCUT2D eigenvalue weighted by Gasteiger charge is 2.50. The van der Waals surface area contributed by atoms with Crippen LogP contribution in [-0.4, -0.2) is 41.6 Å². The first-order valence-electron chi connectivity index (χ1n) is 9.03. The van der Waals surface area contributed by atoms with Crippen molar-refractivity contribution in [3.05, 3.63) is 23.8 Å². The standard InChI is InChI=1S/C19H20N4O5/c1-18(9-20,11-3-4-11)21-15(24)8-23-16(25)19(2,22-17(23)26)12-5-6-13-14(7-12)28-10-27-13/h5-7,11H,3-4,8,10H2,1-2H3,(H,21,24)(H,22,26)/t18-,19-/m0/s1. The summed E-state index contributed by atoms with van der Waals surface area (Å²) in [6, 6.07) is 6.45. The number of fused-ring (bicyclic) bond motifs is 1. The highest BCUT2D eigenvalue weighted by Crippen LogP contribution is 2.39. The lowest BCUT2D eigenvalue weighted by Crippen LogP contribution is -2.51. The van der Waals surface area contributed by atoms with Crippen LogP contribution in [-0.2, 0) is 15.1 Å². The third-order valence-electron chi connectivity index (χ3n) is 5.55. The number of carbonyl (C=O) groups is 3. The molecule has 9 heteroatoms. The zero-order valence-electron chi connectivity index (χ0n) is 15.6. The van der Waals surface area contributed by atoms with E-state index in [4.69, 9.17) is 9.47 Å². The second-order valence-corrected chi connectivity index (χ2v) is 7.65. The van der Waals surface area contributed by atoms with Crippen LogP contribution >= 0.6 is 0 Å². The van der Waals surface area contributed by atoms with Crippen molar-refractivity contribution in [2.45, 2.75) is 37.8 Å². The quantitative estimate of drug-likeness (QED) is 0.731. The molecule has 2 N–H and O–H groups in total. The van der Waals surface area contributed by atoms with E-state index in [9.17, 15) is 19.6 Å². The van der Waals surface area contributed by atoms with Gasteiger partial charge in [-0.25, -0.2) is 4.79 Å². The van der Waals surface area contributed by atoms with Crippen molar-refractivity contribution in [1.29, 1.82) is 5.26 Å². The minimum Gasteiger partial charge on any atom is -0.454 e. The molecule has 9 nitrogen and oxygen atoms in total.